The van der Waals surface area contributed by atoms with E-state index in [9.17, 15) is 15.0 Å². The number of para-hydroxylation sites is 1. The number of hydrogen-bond acceptors (Lipinski definition) is 4. The molecule has 6 nitrogen and oxygen atoms in total. The summed E-state index contributed by atoms with van der Waals surface area (Å²) in [6.07, 6.45) is 0. The molecule has 1 N–H and O–H groups in total. The van der Waals surface area contributed by atoms with E-state index in [1.165, 1.54) is 29.8 Å². The van der Waals surface area contributed by atoms with Gasteiger partial charge in [-0.05, 0) is 68.6 Å². The summed E-state index contributed by atoms with van der Waals surface area (Å²) < 4.78 is 0. The standard InChI is InChI=1S/C18H15P.C10H9N2.C6H2Cl4O2.C3H6O.O.Re/c1-4-10-16(11-5-1)19(17-12-6-2-7-13-17)18-14-8-3-9-15-18;1-7-5-6-8-3-2-4-9(11)10(8)12-7;7-1-2(8)4(10)6(12)5(11)3(1)9;1-3(2)4;;/h1-15H;2-6,11H,1H3;11-12H;1-2H3;;/q;-1;;;-2;/p-1. The van der Waals surface area contributed by atoms with Gasteiger partial charge in [0.1, 0.15) is 21.7 Å². The van der Waals surface area contributed by atoms with Gasteiger partial charge in [0.25, 0.3) is 0 Å². The number of Topliss-reactive ketones (excluding diaryl/α,β-unsaturated/α-hetero) is 1. The van der Waals surface area contributed by atoms with Gasteiger partial charge in [0.15, 0.2) is 0 Å². The van der Waals surface area contributed by atoms with Crippen LogP contribution in [0.2, 0.25) is 20.1 Å². The molecule has 1 heterocycles. The minimum Gasteiger partial charge on any atom is -2.00 e. The number of hydrogen-bond donors (Lipinski definition) is 0. The molecule has 6 rings (SSSR count). The Morgan fingerprint density at radius 2 is 0.980 bits per heavy atom. The Morgan fingerprint density at radius 1 is 0.612 bits per heavy atom. The summed E-state index contributed by atoms with van der Waals surface area (Å²) in [6, 6.07) is 42.1. The van der Waals surface area contributed by atoms with Crippen LogP contribution in [0, 0.1) is 6.92 Å². The minimum atomic E-state index is -0.934. The normalized spacial score (nSPS) is 9.71. The number of fused-ring (bicyclic) bond motifs is 1. The molecule has 6 aromatic rings. The van der Waals surface area contributed by atoms with E-state index in [0.29, 0.717) is 5.69 Å². The van der Waals surface area contributed by atoms with Crippen molar-refractivity contribution < 1.29 is 40.9 Å². The molecule has 0 saturated heterocycles. The van der Waals surface area contributed by atoms with E-state index in [0.717, 1.165) is 16.6 Å². The third-order valence-corrected chi connectivity index (χ3v) is 10.7. The van der Waals surface area contributed by atoms with E-state index in [1.807, 2.05) is 31.2 Å². The van der Waals surface area contributed by atoms with Crippen molar-refractivity contribution in [3.63, 3.8) is 0 Å². The van der Waals surface area contributed by atoms with Gasteiger partial charge in [0, 0.05) is 26.1 Å². The Labute approximate surface area is 321 Å². The second-order valence-electron chi connectivity index (χ2n) is 10.1. The minimum absolute atomic E-state index is 0. The molecule has 0 aliphatic heterocycles. The number of ketones is 1. The van der Waals surface area contributed by atoms with Gasteiger partial charge in [0.05, 0.1) is 33.5 Å². The summed E-state index contributed by atoms with van der Waals surface area (Å²) in [6.45, 7) is 4.99. The molecule has 0 atom stereocenters. The van der Waals surface area contributed by atoms with Gasteiger partial charge >= 0.3 is 0 Å². The topological polar surface area (TPSA) is 128 Å². The number of aryl methyl sites for hydroxylation is 1. The Bertz CT molecular complexity index is 1720. The molecule has 0 bridgehead atoms. The first kappa shape index (κ1) is 43.8. The van der Waals surface area contributed by atoms with Crippen LogP contribution in [0.15, 0.2) is 121 Å². The molecule has 12 heteroatoms. The third-order valence-electron chi connectivity index (χ3n) is 6.23. The SMILES string of the molecule is CC(C)=O.Cc1ccc2cccc([NH-])c2n1.[O-2].[O-]c1c([O-])c(Cl)c(Cl)c(Cl)c1Cl.[Re].c1ccc([PH+](c2ccccc2)c2ccccc2)cc1. The number of aromatic nitrogens is 1. The first-order valence-electron chi connectivity index (χ1n) is 14.2. The maximum Gasteiger partial charge on any atom is 0.126 e. The van der Waals surface area contributed by atoms with Crippen molar-refractivity contribution in [2.45, 2.75) is 20.8 Å². The van der Waals surface area contributed by atoms with Crippen LogP contribution in [0.4, 0.5) is 5.69 Å². The van der Waals surface area contributed by atoms with Crippen LogP contribution < -0.4 is 26.1 Å². The fourth-order valence-corrected chi connectivity index (χ4v) is 7.55. The smallest absolute Gasteiger partial charge is 0.126 e. The molecule has 1 aromatic heterocycles. The van der Waals surface area contributed by atoms with E-state index in [4.69, 9.17) is 52.1 Å². The van der Waals surface area contributed by atoms with Gasteiger partial charge in [0.2, 0.25) is 0 Å². The molecule has 0 unspecified atom stereocenters. The second kappa shape index (κ2) is 21.8. The predicted octanol–water partition coefficient (Wildman–Crippen LogP) is 9.33. The first-order chi connectivity index (χ1) is 22.4. The van der Waals surface area contributed by atoms with Crippen molar-refractivity contribution in [3.05, 3.63) is 153 Å². The van der Waals surface area contributed by atoms with Crippen molar-refractivity contribution in [1.29, 1.82) is 0 Å². The molecule has 0 saturated carbocycles. The van der Waals surface area contributed by atoms with Gasteiger partial charge in [-0.3, -0.25) is 4.98 Å². The number of benzene rings is 5. The number of nitrogens with one attached hydrogen (secondary N) is 1. The number of rotatable bonds is 3. The van der Waals surface area contributed by atoms with Gasteiger partial charge in [-0.2, -0.15) is 0 Å². The summed E-state index contributed by atoms with van der Waals surface area (Å²) in [5.74, 6) is -1.70. The van der Waals surface area contributed by atoms with Crippen molar-refractivity contribution in [2.75, 3.05) is 0 Å². The second-order valence-corrected chi connectivity index (χ2v) is 14.1. The van der Waals surface area contributed by atoms with Gasteiger partial charge in [-0.25, -0.2) is 0 Å². The summed E-state index contributed by atoms with van der Waals surface area (Å²) in [7, 11) is -0.877. The fourth-order valence-electron chi connectivity index (χ4n) is 4.15. The Balaban J connectivity index is 0.000000353. The number of carbonyl (C=O) groups excluding carboxylic acids is 1. The van der Waals surface area contributed by atoms with Crippen molar-refractivity contribution in [2.24, 2.45) is 0 Å². The molecule has 49 heavy (non-hydrogen) atoms. The molecular formula is C37H31Cl4N2O4PRe-4. The van der Waals surface area contributed by atoms with Gasteiger partial charge < -0.3 is 26.2 Å². The molecule has 257 valence electrons. The van der Waals surface area contributed by atoms with E-state index < -0.39 is 29.5 Å². The zero-order chi connectivity index (χ0) is 34.5. The molecule has 0 amide bonds. The first-order valence-corrected chi connectivity index (χ1v) is 17.2. The Morgan fingerprint density at radius 3 is 1.35 bits per heavy atom. The maximum atomic E-state index is 10.9. The molecule has 1 radical (unpaired) electrons. The molecular weight excluding hydrogens is 895 g/mol. The number of carbonyl (C=O) groups is 1. The number of nitrogens with zero attached hydrogens (tertiary/aromatic N) is 1. The zero-order valence-electron chi connectivity index (χ0n) is 26.5. The summed E-state index contributed by atoms with van der Waals surface area (Å²) in [5, 5.41) is 26.0. The maximum absolute atomic E-state index is 10.9. The number of halogens is 4. The third kappa shape index (κ3) is 12.9. The van der Waals surface area contributed by atoms with Crippen molar-refractivity contribution in [1.82, 2.24) is 4.98 Å². The van der Waals surface area contributed by atoms with E-state index in [2.05, 4.69) is 96.0 Å². The van der Waals surface area contributed by atoms with Gasteiger partial charge in [-0.15, -0.1) is 5.69 Å². The zero-order valence-corrected chi connectivity index (χ0v) is 33.3. The van der Waals surface area contributed by atoms with Crippen molar-refractivity contribution >= 4 is 92.6 Å². The number of pyridine rings is 1. The molecule has 0 aliphatic rings. The van der Waals surface area contributed by atoms with Crippen LogP contribution in [0.25, 0.3) is 16.6 Å². The fraction of sp³-hybridized carbons (Fsp3) is 0.0811. The predicted molar refractivity (Wildman–Crippen MR) is 199 cm³/mol. The van der Waals surface area contributed by atoms with Crippen LogP contribution in [-0.2, 0) is 30.7 Å². The molecule has 0 fully saturated rings. The molecule has 0 spiro atoms. The quantitative estimate of drug-likeness (QED) is 0.0996. The van der Waals surface area contributed by atoms with Crippen LogP contribution in [0.3, 0.4) is 0 Å². The average Bonchev–Trinajstić information content (AvgIpc) is 3.08. The largest absolute Gasteiger partial charge is 2.00 e. The van der Waals surface area contributed by atoms with E-state index in [-0.39, 0.29) is 41.7 Å². The summed E-state index contributed by atoms with van der Waals surface area (Å²) >= 11 is 21.7. The van der Waals surface area contributed by atoms with E-state index in [1.54, 1.807) is 6.07 Å². The summed E-state index contributed by atoms with van der Waals surface area (Å²) in [5.41, 5.74) is 9.84. The van der Waals surface area contributed by atoms with Crippen LogP contribution in [0.5, 0.6) is 11.5 Å². The van der Waals surface area contributed by atoms with E-state index >= 15 is 0 Å². The monoisotopic (exact) mass is 925 g/mol. The Hall–Kier alpha value is -3.21. The summed E-state index contributed by atoms with van der Waals surface area (Å²) in [4.78, 5) is 13.7. The molecule has 5 aromatic carbocycles. The Kier molecular flexibility index (Phi) is 19.5. The van der Waals surface area contributed by atoms with Crippen LogP contribution in [-0.4, -0.2) is 10.8 Å². The van der Waals surface area contributed by atoms with Crippen LogP contribution in [0.1, 0.15) is 19.5 Å². The van der Waals surface area contributed by atoms with Gasteiger partial charge in [-0.1, -0.05) is 137 Å². The van der Waals surface area contributed by atoms with Crippen molar-refractivity contribution in [3.8, 4) is 11.5 Å². The average molecular weight is 927 g/mol. The van der Waals surface area contributed by atoms with Crippen LogP contribution >= 0.6 is 54.3 Å². The molecule has 0 aliphatic carbocycles.